The van der Waals surface area contributed by atoms with Crippen LogP contribution in [-0.4, -0.2) is 60.2 Å². The van der Waals surface area contributed by atoms with Gasteiger partial charge in [0.2, 0.25) is 15.9 Å². The van der Waals surface area contributed by atoms with Gasteiger partial charge in [-0.15, -0.1) is 10.2 Å². The summed E-state index contributed by atoms with van der Waals surface area (Å²) < 4.78 is 54.1. The number of sulfone groups is 1. The first-order valence-corrected chi connectivity index (χ1v) is 15.9. The zero-order valence-corrected chi connectivity index (χ0v) is 23.0. The number of nitrogens with zero attached hydrogens (tertiary/aromatic N) is 4. The van der Waals surface area contributed by atoms with Gasteiger partial charge in [-0.3, -0.25) is 4.79 Å². The van der Waals surface area contributed by atoms with E-state index < -0.39 is 25.1 Å². The molecule has 0 bridgehead atoms. The van der Waals surface area contributed by atoms with Gasteiger partial charge in [0.15, 0.2) is 15.0 Å². The number of hydrogen-bond donors (Lipinski definition) is 1. The van der Waals surface area contributed by atoms with Crippen molar-refractivity contribution in [2.45, 2.75) is 59.2 Å². The fraction of sp³-hybridized carbons (Fsp3) is 0.375. The molecule has 1 aliphatic rings. The lowest BCUT2D eigenvalue weighted by Gasteiger charge is -2.16. The third-order valence-electron chi connectivity index (χ3n) is 6.01. The van der Waals surface area contributed by atoms with Crippen LogP contribution in [0.25, 0.3) is 0 Å². The van der Waals surface area contributed by atoms with Gasteiger partial charge < -0.3 is 9.88 Å². The lowest BCUT2D eigenvalue weighted by atomic mass is 10.3. The summed E-state index contributed by atoms with van der Waals surface area (Å²) in [5, 5.41) is 10.9. The zero-order chi connectivity index (χ0) is 26.6. The second-order valence-electron chi connectivity index (χ2n) is 8.60. The molecule has 2 aromatic carbocycles. The lowest BCUT2D eigenvalue weighted by molar-refractivity contribution is -0.115. The molecule has 1 saturated heterocycles. The number of sulfonamides is 1. The molecule has 37 heavy (non-hydrogen) atoms. The number of anilines is 1. The molecule has 1 N–H and O–H groups in total. The zero-order valence-electron chi connectivity index (χ0n) is 20.6. The predicted octanol–water partition coefficient (Wildman–Crippen LogP) is 3.18. The molecule has 0 saturated carbocycles. The van der Waals surface area contributed by atoms with E-state index in [2.05, 4.69) is 15.5 Å². The SMILES string of the molecule is CCn1c(CS(=O)(=O)c2ccccc2)nnc1SC(C)C(=O)Nc1ccc(S(=O)(=O)N2CCCC2)cc1. The van der Waals surface area contributed by atoms with Crippen LogP contribution in [0.4, 0.5) is 5.69 Å². The van der Waals surface area contributed by atoms with E-state index in [4.69, 9.17) is 0 Å². The molecule has 13 heteroatoms. The van der Waals surface area contributed by atoms with Gasteiger partial charge in [0.1, 0.15) is 11.6 Å². The van der Waals surface area contributed by atoms with Gasteiger partial charge in [0.25, 0.3) is 0 Å². The van der Waals surface area contributed by atoms with E-state index in [9.17, 15) is 21.6 Å². The Morgan fingerprint density at radius 1 is 0.973 bits per heavy atom. The maximum absolute atomic E-state index is 12.8. The number of thioether (sulfide) groups is 1. The Kier molecular flexibility index (Phi) is 8.36. The number of carbonyl (C=O) groups excluding carboxylic acids is 1. The standard InChI is InChI=1S/C24H29N5O5S3/c1-3-29-22(17-36(31,32)20-9-5-4-6-10-20)26-27-24(29)35-18(2)23(30)25-19-11-13-21(14-12-19)37(33,34)28-15-7-8-16-28/h4-6,9-14,18H,3,7-8,15-17H2,1-2H3,(H,25,30). The Bertz CT molecular complexity index is 1450. The molecule has 1 atom stereocenters. The summed E-state index contributed by atoms with van der Waals surface area (Å²) in [6.45, 7) is 5.06. The van der Waals surface area contributed by atoms with Crippen molar-refractivity contribution < 1.29 is 21.6 Å². The monoisotopic (exact) mass is 563 g/mol. The molecule has 4 rings (SSSR count). The van der Waals surface area contributed by atoms with E-state index in [-0.39, 0.29) is 21.5 Å². The molecular weight excluding hydrogens is 534 g/mol. The second-order valence-corrected chi connectivity index (χ2v) is 13.8. The molecule has 0 spiro atoms. The van der Waals surface area contributed by atoms with Gasteiger partial charge in [0, 0.05) is 25.3 Å². The summed E-state index contributed by atoms with van der Waals surface area (Å²) in [5.41, 5.74) is 0.476. The van der Waals surface area contributed by atoms with Crippen LogP contribution in [0.2, 0.25) is 0 Å². The van der Waals surface area contributed by atoms with E-state index in [1.54, 1.807) is 54.0 Å². The first kappa shape index (κ1) is 27.3. The minimum Gasteiger partial charge on any atom is -0.325 e. The van der Waals surface area contributed by atoms with Crippen LogP contribution in [0.1, 0.15) is 32.5 Å². The first-order valence-electron chi connectivity index (χ1n) is 11.9. The van der Waals surface area contributed by atoms with Crippen molar-refractivity contribution >= 4 is 43.2 Å². The van der Waals surface area contributed by atoms with E-state index in [0.717, 1.165) is 12.8 Å². The molecule has 0 aliphatic carbocycles. The minimum absolute atomic E-state index is 0.198. The molecule has 1 unspecified atom stereocenters. The topological polar surface area (TPSA) is 131 Å². The van der Waals surface area contributed by atoms with Crippen LogP contribution in [0.5, 0.6) is 0 Å². The van der Waals surface area contributed by atoms with Gasteiger partial charge in [-0.1, -0.05) is 30.0 Å². The molecule has 3 aromatic rings. The minimum atomic E-state index is -3.60. The average Bonchev–Trinajstić information content (AvgIpc) is 3.55. The van der Waals surface area contributed by atoms with E-state index in [0.29, 0.717) is 36.3 Å². The summed E-state index contributed by atoms with van der Waals surface area (Å²) in [6.07, 6.45) is 1.72. The smallest absolute Gasteiger partial charge is 0.243 e. The molecule has 1 fully saturated rings. The quantitative estimate of drug-likeness (QED) is 0.372. The lowest BCUT2D eigenvalue weighted by Crippen LogP contribution is -2.27. The molecule has 2 heterocycles. The predicted molar refractivity (Wildman–Crippen MR) is 141 cm³/mol. The number of hydrogen-bond acceptors (Lipinski definition) is 8. The van der Waals surface area contributed by atoms with Crippen molar-refractivity contribution in [1.82, 2.24) is 19.1 Å². The number of nitrogens with one attached hydrogen (secondary N) is 1. The third-order valence-corrected chi connectivity index (χ3v) is 10.6. The Balaban J connectivity index is 1.41. The summed E-state index contributed by atoms with van der Waals surface area (Å²) in [6, 6.07) is 14.3. The molecule has 1 aliphatic heterocycles. The Labute approximate surface area is 221 Å². The number of aromatic nitrogens is 3. The third kappa shape index (κ3) is 6.22. The van der Waals surface area contributed by atoms with Crippen molar-refractivity contribution in [3.63, 3.8) is 0 Å². The van der Waals surface area contributed by atoms with Gasteiger partial charge in [-0.25, -0.2) is 16.8 Å². The van der Waals surface area contributed by atoms with Gasteiger partial charge in [-0.05, 0) is 63.1 Å². The summed E-state index contributed by atoms with van der Waals surface area (Å²) in [5.74, 6) is -0.299. The number of benzene rings is 2. The summed E-state index contributed by atoms with van der Waals surface area (Å²) in [4.78, 5) is 13.2. The van der Waals surface area contributed by atoms with Crippen molar-refractivity contribution in [3.8, 4) is 0 Å². The highest BCUT2D eigenvalue weighted by Crippen LogP contribution is 2.26. The van der Waals surface area contributed by atoms with Crippen molar-refractivity contribution in [2.75, 3.05) is 18.4 Å². The van der Waals surface area contributed by atoms with Crippen LogP contribution >= 0.6 is 11.8 Å². The van der Waals surface area contributed by atoms with Gasteiger partial charge in [0.05, 0.1) is 15.0 Å². The van der Waals surface area contributed by atoms with E-state index in [1.165, 1.54) is 28.2 Å². The molecule has 0 radical (unpaired) electrons. The fourth-order valence-electron chi connectivity index (χ4n) is 3.96. The molecule has 10 nitrogen and oxygen atoms in total. The number of rotatable bonds is 10. The normalized spacial score (nSPS) is 15.5. The first-order chi connectivity index (χ1) is 17.6. The molecule has 198 valence electrons. The van der Waals surface area contributed by atoms with Crippen molar-refractivity contribution in [2.24, 2.45) is 0 Å². The Morgan fingerprint density at radius 2 is 1.62 bits per heavy atom. The highest BCUT2D eigenvalue weighted by atomic mass is 32.2. The summed E-state index contributed by atoms with van der Waals surface area (Å²) >= 11 is 1.17. The van der Waals surface area contributed by atoms with Crippen molar-refractivity contribution in [3.05, 3.63) is 60.4 Å². The number of amides is 1. The maximum Gasteiger partial charge on any atom is 0.243 e. The highest BCUT2D eigenvalue weighted by molar-refractivity contribution is 8.00. The van der Waals surface area contributed by atoms with Crippen LogP contribution in [0.15, 0.2) is 69.5 Å². The maximum atomic E-state index is 12.8. The Morgan fingerprint density at radius 3 is 2.24 bits per heavy atom. The van der Waals surface area contributed by atoms with Crippen LogP contribution < -0.4 is 5.32 Å². The van der Waals surface area contributed by atoms with Crippen LogP contribution in [-0.2, 0) is 37.0 Å². The number of carbonyl (C=O) groups is 1. The largest absolute Gasteiger partial charge is 0.325 e. The average molecular weight is 564 g/mol. The molecule has 1 aromatic heterocycles. The second kappa shape index (κ2) is 11.3. The molecule has 1 amide bonds. The van der Waals surface area contributed by atoms with E-state index >= 15 is 0 Å². The fourth-order valence-corrected chi connectivity index (χ4v) is 7.70. The van der Waals surface area contributed by atoms with Crippen molar-refractivity contribution in [1.29, 1.82) is 0 Å². The van der Waals surface area contributed by atoms with Crippen LogP contribution in [0.3, 0.4) is 0 Å². The summed E-state index contributed by atoms with van der Waals surface area (Å²) in [7, 11) is -7.12. The van der Waals surface area contributed by atoms with E-state index in [1.807, 2.05) is 6.92 Å². The van der Waals surface area contributed by atoms with Gasteiger partial charge >= 0.3 is 0 Å². The van der Waals surface area contributed by atoms with Crippen LogP contribution in [0, 0.1) is 0 Å². The Hall–Kier alpha value is -2.74. The molecular formula is C24H29N5O5S3. The van der Waals surface area contributed by atoms with Gasteiger partial charge in [-0.2, -0.15) is 4.31 Å². The highest BCUT2D eigenvalue weighted by Gasteiger charge is 2.27.